The van der Waals surface area contributed by atoms with Crippen LogP contribution in [0.1, 0.15) is 48.4 Å². The highest BCUT2D eigenvalue weighted by Gasteiger charge is 2.10. The number of hydrogen-bond acceptors (Lipinski definition) is 4. The Bertz CT molecular complexity index is 880. The predicted molar refractivity (Wildman–Crippen MR) is 102 cm³/mol. The van der Waals surface area contributed by atoms with E-state index in [1.54, 1.807) is 16.9 Å². The van der Waals surface area contributed by atoms with Gasteiger partial charge in [-0.3, -0.25) is 9.48 Å². The van der Waals surface area contributed by atoms with E-state index >= 15 is 0 Å². The van der Waals surface area contributed by atoms with Gasteiger partial charge < -0.3 is 10.1 Å². The maximum Gasteiger partial charge on any atom is 0.272 e. The number of benzene rings is 1. The fraction of sp³-hybridized carbons (Fsp3) is 0.350. The van der Waals surface area contributed by atoms with E-state index in [1.807, 2.05) is 36.0 Å². The van der Waals surface area contributed by atoms with Crippen LogP contribution in [-0.2, 0) is 19.8 Å². The lowest BCUT2D eigenvalue weighted by atomic mass is 10.0. The molecule has 27 heavy (non-hydrogen) atoms. The molecule has 7 nitrogen and oxygen atoms in total. The van der Waals surface area contributed by atoms with Crippen molar-refractivity contribution < 1.29 is 9.53 Å². The minimum atomic E-state index is -0.235. The summed E-state index contributed by atoms with van der Waals surface area (Å²) in [7, 11) is 0. The molecule has 0 fully saturated rings. The highest BCUT2D eigenvalue weighted by atomic mass is 16.5. The summed E-state index contributed by atoms with van der Waals surface area (Å²) in [5, 5.41) is 11.4. The minimum Gasteiger partial charge on any atom is -0.471 e. The first kappa shape index (κ1) is 18.7. The van der Waals surface area contributed by atoms with Crippen LogP contribution in [0.25, 0.3) is 0 Å². The molecular formula is C20H25N5O2. The molecule has 3 aromatic rings. The summed E-state index contributed by atoms with van der Waals surface area (Å²) in [6.07, 6.45) is 3.62. The second-order valence-corrected chi connectivity index (χ2v) is 6.58. The molecule has 1 N–H and O–H groups in total. The third-order valence-corrected chi connectivity index (χ3v) is 4.23. The first-order chi connectivity index (χ1) is 13.0. The van der Waals surface area contributed by atoms with Crippen LogP contribution in [0, 0.1) is 0 Å². The molecular weight excluding hydrogens is 342 g/mol. The number of hydrogen-bond donors (Lipinski definition) is 1. The van der Waals surface area contributed by atoms with Crippen molar-refractivity contribution in [1.82, 2.24) is 24.9 Å². The van der Waals surface area contributed by atoms with Gasteiger partial charge in [0.2, 0.25) is 0 Å². The average molecular weight is 367 g/mol. The summed E-state index contributed by atoms with van der Waals surface area (Å²) in [5.41, 5.74) is 2.44. The first-order valence-electron chi connectivity index (χ1n) is 9.12. The standard InChI is InChI=1S/C20H25N5O2/c1-4-24-11-9-17(22-24)13-21-20(26)19-10-12-25(23-19)14-27-18-7-5-16(6-8-18)15(2)3/h5-12,15H,4,13-14H2,1-3H3,(H,21,26). The molecule has 0 aliphatic heterocycles. The Kier molecular flexibility index (Phi) is 5.90. The maximum absolute atomic E-state index is 12.2. The fourth-order valence-electron chi connectivity index (χ4n) is 2.58. The Balaban J connectivity index is 1.50. The number of rotatable bonds is 8. The monoisotopic (exact) mass is 367 g/mol. The minimum absolute atomic E-state index is 0.235. The lowest BCUT2D eigenvalue weighted by molar-refractivity contribution is 0.0943. The quantitative estimate of drug-likeness (QED) is 0.663. The van der Waals surface area contributed by atoms with E-state index in [9.17, 15) is 4.79 Å². The van der Waals surface area contributed by atoms with Crippen LogP contribution in [0.3, 0.4) is 0 Å². The van der Waals surface area contributed by atoms with Crippen molar-refractivity contribution in [3.05, 3.63) is 65.7 Å². The average Bonchev–Trinajstić information content (AvgIpc) is 3.34. The molecule has 2 heterocycles. The lowest BCUT2D eigenvalue weighted by Gasteiger charge is -2.09. The van der Waals surface area contributed by atoms with Crippen LogP contribution < -0.4 is 10.1 Å². The Labute approximate surface area is 159 Å². The van der Waals surface area contributed by atoms with Crippen molar-refractivity contribution in [3.8, 4) is 5.75 Å². The van der Waals surface area contributed by atoms with Crippen molar-refractivity contribution in [1.29, 1.82) is 0 Å². The van der Waals surface area contributed by atoms with Gasteiger partial charge in [-0.05, 0) is 42.7 Å². The van der Waals surface area contributed by atoms with Gasteiger partial charge in [-0.1, -0.05) is 26.0 Å². The summed E-state index contributed by atoms with van der Waals surface area (Å²) in [5.74, 6) is 1.02. The summed E-state index contributed by atoms with van der Waals surface area (Å²) in [6.45, 7) is 7.75. The first-order valence-corrected chi connectivity index (χ1v) is 9.12. The van der Waals surface area contributed by atoms with Crippen LogP contribution in [0.4, 0.5) is 0 Å². The molecule has 0 unspecified atom stereocenters. The van der Waals surface area contributed by atoms with Crippen LogP contribution in [0.15, 0.2) is 48.8 Å². The fourth-order valence-corrected chi connectivity index (χ4v) is 2.58. The predicted octanol–water partition coefficient (Wildman–Crippen LogP) is 3.19. The molecule has 2 aromatic heterocycles. The molecule has 0 saturated carbocycles. The number of aryl methyl sites for hydroxylation is 1. The zero-order valence-corrected chi connectivity index (χ0v) is 15.9. The van der Waals surface area contributed by atoms with Gasteiger partial charge in [-0.15, -0.1) is 0 Å². The zero-order valence-electron chi connectivity index (χ0n) is 15.9. The Hall–Kier alpha value is -3.09. The van der Waals surface area contributed by atoms with Crippen molar-refractivity contribution in [2.75, 3.05) is 0 Å². The zero-order chi connectivity index (χ0) is 19.2. The maximum atomic E-state index is 12.2. The van der Waals surface area contributed by atoms with Gasteiger partial charge in [0.05, 0.1) is 12.2 Å². The SMILES string of the molecule is CCn1ccc(CNC(=O)c2ccn(COc3ccc(C(C)C)cc3)n2)n1. The van der Waals surface area contributed by atoms with Crippen LogP contribution in [0.2, 0.25) is 0 Å². The van der Waals surface area contributed by atoms with Gasteiger partial charge in [0.25, 0.3) is 5.91 Å². The number of carbonyl (C=O) groups excluding carboxylic acids is 1. The molecule has 3 rings (SSSR count). The van der Waals surface area contributed by atoms with Crippen LogP contribution in [0.5, 0.6) is 5.75 Å². The number of amides is 1. The van der Waals surface area contributed by atoms with Gasteiger partial charge in [-0.25, -0.2) is 4.68 Å². The summed E-state index contributed by atoms with van der Waals surface area (Å²) in [6, 6.07) is 11.6. The van der Waals surface area contributed by atoms with Crippen molar-refractivity contribution >= 4 is 5.91 Å². The number of ether oxygens (including phenoxy) is 1. The molecule has 0 radical (unpaired) electrons. The summed E-state index contributed by atoms with van der Waals surface area (Å²) < 4.78 is 9.14. The van der Waals surface area contributed by atoms with Crippen molar-refractivity contribution in [3.63, 3.8) is 0 Å². The molecule has 0 bridgehead atoms. The highest BCUT2D eigenvalue weighted by molar-refractivity contribution is 5.92. The lowest BCUT2D eigenvalue weighted by Crippen LogP contribution is -2.24. The van der Waals surface area contributed by atoms with E-state index in [-0.39, 0.29) is 12.6 Å². The smallest absolute Gasteiger partial charge is 0.272 e. The van der Waals surface area contributed by atoms with Crippen molar-refractivity contribution in [2.45, 2.75) is 46.5 Å². The molecule has 1 aromatic carbocycles. The summed E-state index contributed by atoms with van der Waals surface area (Å²) >= 11 is 0. The second-order valence-electron chi connectivity index (χ2n) is 6.58. The molecule has 7 heteroatoms. The number of aromatic nitrogens is 4. The summed E-state index contributed by atoms with van der Waals surface area (Å²) in [4.78, 5) is 12.2. The second kappa shape index (κ2) is 8.53. The van der Waals surface area contributed by atoms with E-state index in [2.05, 4.69) is 41.5 Å². The van der Waals surface area contributed by atoms with E-state index in [4.69, 9.17) is 4.74 Å². The van der Waals surface area contributed by atoms with Gasteiger partial charge in [0.15, 0.2) is 6.73 Å². The van der Waals surface area contributed by atoms with E-state index in [0.717, 1.165) is 18.0 Å². The van der Waals surface area contributed by atoms with E-state index < -0.39 is 0 Å². The molecule has 1 amide bonds. The molecule has 0 spiro atoms. The molecule has 0 aliphatic carbocycles. The van der Waals surface area contributed by atoms with Crippen LogP contribution in [-0.4, -0.2) is 25.5 Å². The Morgan fingerprint density at radius 1 is 1.07 bits per heavy atom. The molecule has 0 aliphatic rings. The topological polar surface area (TPSA) is 74.0 Å². The van der Waals surface area contributed by atoms with Crippen LogP contribution >= 0.6 is 0 Å². The van der Waals surface area contributed by atoms with Gasteiger partial charge >= 0.3 is 0 Å². The third-order valence-electron chi connectivity index (χ3n) is 4.23. The van der Waals surface area contributed by atoms with E-state index in [1.165, 1.54) is 5.56 Å². The van der Waals surface area contributed by atoms with Gasteiger partial charge in [-0.2, -0.15) is 10.2 Å². The Morgan fingerprint density at radius 2 is 1.81 bits per heavy atom. The normalized spacial score (nSPS) is 11.0. The third kappa shape index (κ3) is 4.97. The van der Waals surface area contributed by atoms with Gasteiger partial charge in [0.1, 0.15) is 11.4 Å². The number of nitrogens with one attached hydrogen (secondary N) is 1. The van der Waals surface area contributed by atoms with Gasteiger partial charge in [0, 0.05) is 18.9 Å². The highest BCUT2D eigenvalue weighted by Crippen LogP contribution is 2.18. The molecule has 0 saturated heterocycles. The number of nitrogens with zero attached hydrogens (tertiary/aromatic N) is 4. The largest absolute Gasteiger partial charge is 0.471 e. The molecule has 142 valence electrons. The molecule has 0 atom stereocenters. The van der Waals surface area contributed by atoms with E-state index in [0.29, 0.717) is 18.2 Å². The Morgan fingerprint density at radius 3 is 2.48 bits per heavy atom. The van der Waals surface area contributed by atoms with Crippen molar-refractivity contribution in [2.24, 2.45) is 0 Å². The number of carbonyl (C=O) groups is 1.